The summed E-state index contributed by atoms with van der Waals surface area (Å²) in [5.41, 5.74) is 1.39. The second kappa shape index (κ2) is 6.44. The Bertz CT molecular complexity index is 794. The standard InChI is InChI=1S/C18H14FNO3/c1-2-22-15-8-6-12(7-9-15)10-16-18(21)23-17(20-16)13-4-3-5-14(19)11-13/h3-11H,2H2,1H3. The zero-order chi connectivity index (χ0) is 16.2. The number of hydrogen-bond donors (Lipinski definition) is 0. The van der Waals surface area contributed by atoms with Crippen molar-refractivity contribution in [3.8, 4) is 5.75 Å². The number of hydrogen-bond acceptors (Lipinski definition) is 4. The van der Waals surface area contributed by atoms with Gasteiger partial charge >= 0.3 is 5.97 Å². The first-order valence-corrected chi connectivity index (χ1v) is 7.17. The fourth-order valence-electron chi connectivity index (χ4n) is 2.14. The highest BCUT2D eigenvalue weighted by Crippen LogP contribution is 2.21. The monoisotopic (exact) mass is 311 g/mol. The molecule has 116 valence electrons. The van der Waals surface area contributed by atoms with E-state index in [9.17, 15) is 9.18 Å². The van der Waals surface area contributed by atoms with Gasteiger partial charge in [0.25, 0.3) is 0 Å². The van der Waals surface area contributed by atoms with Crippen LogP contribution in [0.4, 0.5) is 4.39 Å². The quantitative estimate of drug-likeness (QED) is 0.640. The molecule has 0 saturated carbocycles. The lowest BCUT2D eigenvalue weighted by atomic mass is 10.2. The molecule has 23 heavy (non-hydrogen) atoms. The van der Waals surface area contributed by atoms with Crippen molar-refractivity contribution in [2.24, 2.45) is 4.99 Å². The highest BCUT2D eigenvalue weighted by atomic mass is 19.1. The first-order chi connectivity index (χ1) is 11.2. The summed E-state index contributed by atoms with van der Waals surface area (Å²) >= 11 is 0. The molecule has 0 unspecified atom stereocenters. The van der Waals surface area contributed by atoms with Crippen LogP contribution in [0.1, 0.15) is 18.1 Å². The molecule has 5 heteroatoms. The Kier molecular flexibility index (Phi) is 4.19. The third-order valence-corrected chi connectivity index (χ3v) is 3.19. The van der Waals surface area contributed by atoms with Crippen LogP contribution >= 0.6 is 0 Å². The summed E-state index contributed by atoms with van der Waals surface area (Å²) in [5, 5.41) is 0. The van der Waals surface area contributed by atoms with Crippen LogP contribution < -0.4 is 4.74 Å². The van der Waals surface area contributed by atoms with Gasteiger partial charge in [-0.15, -0.1) is 0 Å². The zero-order valence-electron chi connectivity index (χ0n) is 12.5. The van der Waals surface area contributed by atoms with Crippen LogP contribution in [-0.2, 0) is 9.53 Å². The van der Waals surface area contributed by atoms with Gasteiger partial charge in [0.05, 0.1) is 6.61 Å². The molecule has 1 heterocycles. The molecule has 0 atom stereocenters. The van der Waals surface area contributed by atoms with Crippen LogP contribution in [0.3, 0.4) is 0 Å². The minimum absolute atomic E-state index is 0.103. The van der Waals surface area contributed by atoms with E-state index in [0.29, 0.717) is 12.2 Å². The summed E-state index contributed by atoms with van der Waals surface area (Å²) in [6, 6.07) is 13.0. The normalized spacial score (nSPS) is 15.5. The number of esters is 1. The minimum atomic E-state index is -0.557. The van der Waals surface area contributed by atoms with Crippen molar-refractivity contribution in [1.82, 2.24) is 0 Å². The van der Waals surface area contributed by atoms with E-state index >= 15 is 0 Å². The summed E-state index contributed by atoms with van der Waals surface area (Å²) in [6.45, 7) is 2.50. The van der Waals surface area contributed by atoms with Crippen LogP contribution in [-0.4, -0.2) is 18.5 Å². The van der Waals surface area contributed by atoms with Gasteiger partial charge in [0.1, 0.15) is 11.6 Å². The number of halogens is 1. The summed E-state index contributed by atoms with van der Waals surface area (Å²) < 4.78 is 23.7. The lowest BCUT2D eigenvalue weighted by molar-refractivity contribution is -0.129. The van der Waals surface area contributed by atoms with Gasteiger partial charge in [-0.25, -0.2) is 14.2 Å². The first-order valence-electron chi connectivity index (χ1n) is 7.17. The smallest absolute Gasteiger partial charge is 0.363 e. The van der Waals surface area contributed by atoms with E-state index in [2.05, 4.69) is 4.99 Å². The van der Waals surface area contributed by atoms with Crippen molar-refractivity contribution in [3.05, 3.63) is 71.2 Å². The molecule has 0 bridgehead atoms. The molecule has 1 aliphatic rings. The molecule has 0 saturated heterocycles. The van der Waals surface area contributed by atoms with Crippen LogP contribution in [0.2, 0.25) is 0 Å². The second-order valence-corrected chi connectivity index (χ2v) is 4.85. The molecule has 0 aromatic heterocycles. The van der Waals surface area contributed by atoms with Crippen LogP contribution in [0.5, 0.6) is 5.75 Å². The number of nitrogens with zero attached hydrogens (tertiary/aromatic N) is 1. The van der Waals surface area contributed by atoms with E-state index in [0.717, 1.165) is 11.3 Å². The summed E-state index contributed by atoms with van der Waals surface area (Å²) in [6.07, 6.45) is 1.62. The van der Waals surface area contributed by atoms with E-state index in [1.165, 1.54) is 18.2 Å². The van der Waals surface area contributed by atoms with Gasteiger partial charge < -0.3 is 9.47 Å². The number of carbonyl (C=O) groups excluding carboxylic acids is 1. The summed E-state index contributed by atoms with van der Waals surface area (Å²) in [4.78, 5) is 16.0. The number of cyclic esters (lactones) is 1. The van der Waals surface area contributed by atoms with Crippen LogP contribution in [0.15, 0.2) is 59.2 Å². The summed E-state index contributed by atoms with van der Waals surface area (Å²) in [7, 11) is 0. The Balaban J connectivity index is 1.85. The number of aliphatic imine (C=N–C) groups is 1. The van der Waals surface area contributed by atoms with Gasteiger partial charge in [0.2, 0.25) is 5.90 Å². The molecule has 0 aliphatic carbocycles. The Labute approximate surface area is 132 Å². The molecular formula is C18H14FNO3. The van der Waals surface area contributed by atoms with Crippen LogP contribution in [0, 0.1) is 5.82 Å². The molecule has 0 amide bonds. The maximum atomic E-state index is 13.2. The Morgan fingerprint density at radius 3 is 2.70 bits per heavy atom. The fraction of sp³-hybridized carbons (Fsp3) is 0.111. The topological polar surface area (TPSA) is 47.9 Å². The zero-order valence-corrected chi connectivity index (χ0v) is 12.5. The van der Waals surface area contributed by atoms with Crippen molar-refractivity contribution < 1.29 is 18.7 Å². The van der Waals surface area contributed by atoms with Gasteiger partial charge in [0.15, 0.2) is 5.70 Å². The number of ether oxygens (including phenoxy) is 2. The van der Waals surface area contributed by atoms with Gasteiger partial charge in [-0.05, 0) is 48.9 Å². The molecule has 0 spiro atoms. The van der Waals surface area contributed by atoms with E-state index in [-0.39, 0.29) is 11.6 Å². The van der Waals surface area contributed by atoms with Gasteiger partial charge in [-0.1, -0.05) is 18.2 Å². The maximum absolute atomic E-state index is 13.2. The minimum Gasteiger partial charge on any atom is -0.494 e. The summed E-state index contributed by atoms with van der Waals surface area (Å²) in [5.74, 6) is -0.109. The number of carbonyl (C=O) groups is 1. The van der Waals surface area contributed by atoms with Crippen LogP contribution in [0.25, 0.3) is 6.08 Å². The molecule has 4 nitrogen and oxygen atoms in total. The molecule has 0 radical (unpaired) electrons. The Morgan fingerprint density at radius 1 is 1.22 bits per heavy atom. The first kappa shape index (κ1) is 15.0. The lowest BCUT2D eigenvalue weighted by Crippen LogP contribution is -2.05. The van der Waals surface area contributed by atoms with E-state index in [4.69, 9.17) is 9.47 Å². The second-order valence-electron chi connectivity index (χ2n) is 4.85. The average molecular weight is 311 g/mol. The predicted octanol–water partition coefficient (Wildman–Crippen LogP) is 3.57. The van der Waals surface area contributed by atoms with E-state index in [1.54, 1.807) is 12.1 Å². The molecule has 1 aliphatic heterocycles. The largest absolute Gasteiger partial charge is 0.494 e. The fourth-order valence-corrected chi connectivity index (χ4v) is 2.14. The number of rotatable bonds is 4. The molecule has 2 aromatic carbocycles. The lowest BCUT2D eigenvalue weighted by Gasteiger charge is -2.02. The maximum Gasteiger partial charge on any atom is 0.363 e. The highest BCUT2D eigenvalue weighted by molar-refractivity contribution is 6.12. The van der Waals surface area contributed by atoms with E-state index in [1.807, 2.05) is 31.2 Å². The highest BCUT2D eigenvalue weighted by Gasteiger charge is 2.24. The van der Waals surface area contributed by atoms with Crippen molar-refractivity contribution in [2.45, 2.75) is 6.92 Å². The van der Waals surface area contributed by atoms with Crippen molar-refractivity contribution in [2.75, 3.05) is 6.61 Å². The third kappa shape index (κ3) is 3.45. The molecular weight excluding hydrogens is 297 g/mol. The molecule has 0 N–H and O–H groups in total. The molecule has 0 fully saturated rings. The van der Waals surface area contributed by atoms with Crippen molar-refractivity contribution >= 4 is 17.9 Å². The Morgan fingerprint density at radius 2 is 2.00 bits per heavy atom. The molecule has 2 aromatic rings. The number of benzene rings is 2. The predicted molar refractivity (Wildman–Crippen MR) is 84.6 cm³/mol. The van der Waals surface area contributed by atoms with E-state index < -0.39 is 11.8 Å². The van der Waals surface area contributed by atoms with Crippen molar-refractivity contribution in [1.29, 1.82) is 0 Å². The van der Waals surface area contributed by atoms with Gasteiger partial charge in [-0.2, -0.15) is 0 Å². The van der Waals surface area contributed by atoms with Crippen molar-refractivity contribution in [3.63, 3.8) is 0 Å². The average Bonchev–Trinajstić information content (AvgIpc) is 2.91. The Hall–Kier alpha value is -2.95. The van der Waals surface area contributed by atoms with Gasteiger partial charge in [-0.3, -0.25) is 0 Å². The third-order valence-electron chi connectivity index (χ3n) is 3.19. The SMILES string of the molecule is CCOc1ccc(C=C2N=C(c3cccc(F)c3)OC2=O)cc1. The molecule has 3 rings (SSSR count). The van der Waals surface area contributed by atoms with Gasteiger partial charge in [0, 0.05) is 5.56 Å².